The zero-order valence-electron chi connectivity index (χ0n) is 17.8. The summed E-state index contributed by atoms with van der Waals surface area (Å²) < 4.78 is 16.7. The predicted molar refractivity (Wildman–Crippen MR) is 119 cm³/mol. The standard InChI is InChI=1S/C16H26N4O3.2C2H6.CH4/c1-13-14(20-5-9-22-10-6-20)12-15(17)18-16(13)23-11-4-19-2-7-21-8-3-19;2*1-2;/h12H,2-11H2,1H3,(H2,17,18);2*1-2H3;1H4. The molecule has 0 bridgehead atoms. The van der Waals surface area contributed by atoms with Crippen molar-refractivity contribution in [2.24, 2.45) is 0 Å². The van der Waals surface area contributed by atoms with Crippen molar-refractivity contribution in [1.82, 2.24) is 9.88 Å². The Labute approximate surface area is 172 Å². The van der Waals surface area contributed by atoms with Crippen LogP contribution in [0.15, 0.2) is 6.07 Å². The van der Waals surface area contributed by atoms with Gasteiger partial charge in [-0.25, -0.2) is 0 Å². The minimum atomic E-state index is 0. The first-order valence-corrected chi connectivity index (χ1v) is 10.3. The number of morpholine rings is 2. The Morgan fingerprint density at radius 2 is 1.54 bits per heavy atom. The number of ether oxygens (including phenoxy) is 3. The van der Waals surface area contributed by atoms with Gasteiger partial charge in [0.2, 0.25) is 5.88 Å². The molecule has 0 radical (unpaired) electrons. The van der Waals surface area contributed by atoms with E-state index < -0.39 is 0 Å². The number of nitrogen functional groups attached to an aromatic ring is 1. The number of hydrogen-bond acceptors (Lipinski definition) is 7. The van der Waals surface area contributed by atoms with Gasteiger partial charge in [0.1, 0.15) is 12.4 Å². The van der Waals surface area contributed by atoms with E-state index in [4.69, 9.17) is 19.9 Å². The second-order valence-corrected chi connectivity index (χ2v) is 5.90. The Morgan fingerprint density at radius 3 is 2.11 bits per heavy atom. The van der Waals surface area contributed by atoms with Gasteiger partial charge in [0.15, 0.2) is 0 Å². The SMILES string of the molecule is C.CC.CC.Cc1c(N2CCOCC2)cc(N)nc1OCCN1CCOCC1. The highest BCUT2D eigenvalue weighted by Crippen LogP contribution is 2.29. The molecule has 7 nitrogen and oxygen atoms in total. The van der Waals surface area contributed by atoms with E-state index >= 15 is 0 Å². The maximum atomic E-state index is 5.97. The maximum Gasteiger partial charge on any atom is 0.220 e. The van der Waals surface area contributed by atoms with Crippen molar-refractivity contribution in [1.29, 1.82) is 0 Å². The van der Waals surface area contributed by atoms with Gasteiger partial charge in [-0.3, -0.25) is 4.90 Å². The second-order valence-electron chi connectivity index (χ2n) is 5.90. The van der Waals surface area contributed by atoms with Crippen LogP contribution in [0.2, 0.25) is 0 Å². The molecule has 0 atom stereocenters. The van der Waals surface area contributed by atoms with Crippen LogP contribution in [0.1, 0.15) is 40.7 Å². The molecule has 7 heteroatoms. The summed E-state index contributed by atoms with van der Waals surface area (Å²) in [7, 11) is 0. The van der Waals surface area contributed by atoms with Gasteiger partial charge in [0, 0.05) is 50.0 Å². The van der Waals surface area contributed by atoms with Crippen LogP contribution >= 0.6 is 0 Å². The first kappa shape index (κ1) is 26.4. The van der Waals surface area contributed by atoms with Crippen LogP contribution in [0.4, 0.5) is 11.5 Å². The Balaban J connectivity index is 0.00000137. The molecule has 3 rings (SSSR count). The molecular formula is C21H42N4O3. The lowest BCUT2D eigenvalue weighted by Gasteiger charge is -2.31. The highest BCUT2D eigenvalue weighted by molar-refractivity contribution is 5.62. The summed E-state index contributed by atoms with van der Waals surface area (Å²) in [5.74, 6) is 1.14. The van der Waals surface area contributed by atoms with E-state index in [1.165, 1.54) is 0 Å². The molecule has 0 spiro atoms. The van der Waals surface area contributed by atoms with Crippen LogP contribution in [-0.4, -0.2) is 75.6 Å². The van der Waals surface area contributed by atoms with Gasteiger partial charge in [-0.05, 0) is 6.92 Å². The van der Waals surface area contributed by atoms with Crippen LogP contribution < -0.4 is 15.4 Å². The third kappa shape index (κ3) is 8.20. The zero-order chi connectivity index (χ0) is 20.1. The summed E-state index contributed by atoms with van der Waals surface area (Å²) in [4.78, 5) is 8.99. The zero-order valence-corrected chi connectivity index (χ0v) is 17.8. The molecule has 2 N–H and O–H groups in total. The van der Waals surface area contributed by atoms with Crippen LogP contribution in [0.25, 0.3) is 0 Å². The molecule has 2 fully saturated rings. The van der Waals surface area contributed by atoms with Gasteiger partial charge in [-0.2, -0.15) is 4.98 Å². The summed E-state index contributed by atoms with van der Waals surface area (Å²) in [6.07, 6.45) is 0. The largest absolute Gasteiger partial charge is 0.476 e. The lowest BCUT2D eigenvalue weighted by atomic mass is 10.2. The Hall–Kier alpha value is -1.57. The molecule has 0 aliphatic carbocycles. The molecule has 2 aliphatic heterocycles. The van der Waals surface area contributed by atoms with Gasteiger partial charge in [-0.15, -0.1) is 0 Å². The topological polar surface area (TPSA) is 73.1 Å². The number of rotatable bonds is 5. The number of nitrogens with zero attached hydrogens (tertiary/aromatic N) is 3. The summed E-state index contributed by atoms with van der Waals surface area (Å²) >= 11 is 0. The lowest BCUT2D eigenvalue weighted by molar-refractivity contribution is 0.0319. The van der Waals surface area contributed by atoms with Gasteiger partial charge in [0.25, 0.3) is 0 Å². The van der Waals surface area contributed by atoms with E-state index in [9.17, 15) is 0 Å². The quantitative estimate of drug-likeness (QED) is 0.816. The fourth-order valence-electron chi connectivity index (χ4n) is 2.96. The Morgan fingerprint density at radius 1 is 1.00 bits per heavy atom. The van der Waals surface area contributed by atoms with Crippen molar-refractivity contribution in [3.05, 3.63) is 11.6 Å². The van der Waals surface area contributed by atoms with E-state index in [-0.39, 0.29) is 7.43 Å². The lowest BCUT2D eigenvalue weighted by Crippen LogP contribution is -2.38. The van der Waals surface area contributed by atoms with Gasteiger partial charge in [0.05, 0.1) is 26.4 Å². The maximum absolute atomic E-state index is 5.97. The number of aromatic nitrogens is 1. The molecule has 0 aromatic carbocycles. The van der Waals surface area contributed by atoms with E-state index in [1.54, 1.807) is 0 Å². The molecule has 3 heterocycles. The van der Waals surface area contributed by atoms with E-state index in [1.807, 2.05) is 40.7 Å². The fourth-order valence-corrected chi connectivity index (χ4v) is 2.96. The van der Waals surface area contributed by atoms with Gasteiger partial charge in [-0.1, -0.05) is 35.1 Å². The third-order valence-corrected chi connectivity index (χ3v) is 4.32. The second kappa shape index (κ2) is 15.4. The minimum absolute atomic E-state index is 0. The normalized spacial score (nSPS) is 16.7. The monoisotopic (exact) mass is 398 g/mol. The first-order chi connectivity index (χ1) is 13.2. The van der Waals surface area contributed by atoms with E-state index in [0.29, 0.717) is 18.3 Å². The van der Waals surface area contributed by atoms with Crippen molar-refractivity contribution in [2.45, 2.75) is 42.0 Å². The van der Waals surface area contributed by atoms with Crippen molar-refractivity contribution in [3.63, 3.8) is 0 Å². The van der Waals surface area contributed by atoms with E-state index in [2.05, 4.69) is 14.8 Å². The summed E-state index contributed by atoms with van der Waals surface area (Å²) in [6, 6.07) is 1.93. The summed E-state index contributed by atoms with van der Waals surface area (Å²) in [5.41, 5.74) is 8.12. The Kier molecular flexibility index (Phi) is 14.5. The fraction of sp³-hybridized carbons (Fsp3) is 0.762. The predicted octanol–water partition coefficient (Wildman–Crippen LogP) is 3.21. The van der Waals surface area contributed by atoms with Gasteiger partial charge < -0.3 is 24.8 Å². The summed E-state index contributed by atoms with van der Waals surface area (Å²) in [6.45, 7) is 18.3. The molecule has 2 saturated heterocycles. The van der Waals surface area contributed by atoms with E-state index in [0.717, 1.165) is 70.4 Å². The number of nitrogens with two attached hydrogens (primary N) is 1. The number of anilines is 2. The molecule has 1 aromatic heterocycles. The molecule has 164 valence electrons. The molecule has 0 amide bonds. The average Bonchev–Trinajstić information content (AvgIpc) is 2.74. The van der Waals surface area contributed by atoms with Crippen LogP contribution in [0, 0.1) is 6.92 Å². The smallest absolute Gasteiger partial charge is 0.220 e. The summed E-state index contributed by atoms with van der Waals surface area (Å²) in [5, 5.41) is 0. The van der Waals surface area contributed by atoms with Crippen molar-refractivity contribution >= 4 is 11.5 Å². The van der Waals surface area contributed by atoms with Gasteiger partial charge >= 0.3 is 0 Å². The molecule has 0 saturated carbocycles. The van der Waals surface area contributed by atoms with Crippen LogP contribution in [0.3, 0.4) is 0 Å². The number of hydrogen-bond donors (Lipinski definition) is 1. The Bertz CT molecular complexity index is 517. The molecule has 0 unspecified atom stereocenters. The molecule has 2 aliphatic rings. The molecular weight excluding hydrogens is 356 g/mol. The van der Waals surface area contributed by atoms with Crippen molar-refractivity contribution in [2.75, 3.05) is 76.4 Å². The number of pyridine rings is 1. The first-order valence-electron chi connectivity index (χ1n) is 10.3. The minimum Gasteiger partial charge on any atom is -0.476 e. The van der Waals surface area contributed by atoms with Crippen molar-refractivity contribution < 1.29 is 14.2 Å². The highest BCUT2D eigenvalue weighted by atomic mass is 16.5. The highest BCUT2D eigenvalue weighted by Gasteiger charge is 2.18. The third-order valence-electron chi connectivity index (χ3n) is 4.32. The average molecular weight is 399 g/mol. The van der Waals surface area contributed by atoms with Crippen molar-refractivity contribution in [3.8, 4) is 5.88 Å². The molecule has 1 aromatic rings. The van der Waals surface area contributed by atoms with Crippen LogP contribution in [0.5, 0.6) is 5.88 Å². The van der Waals surface area contributed by atoms with Crippen LogP contribution in [-0.2, 0) is 9.47 Å². The molecule has 28 heavy (non-hydrogen) atoms.